The Morgan fingerprint density at radius 2 is 2.30 bits per heavy atom. The van der Waals surface area contributed by atoms with E-state index in [1.807, 2.05) is 0 Å². The van der Waals surface area contributed by atoms with Gasteiger partial charge in [-0.2, -0.15) is 5.10 Å². The first-order valence-electron chi connectivity index (χ1n) is 6.10. The number of hydrogen-bond donors (Lipinski definition) is 2. The molecule has 0 aromatic carbocycles. The Balaban J connectivity index is 2.13. The van der Waals surface area contributed by atoms with E-state index in [9.17, 15) is 19.7 Å². The van der Waals surface area contributed by atoms with Gasteiger partial charge in [-0.25, -0.2) is 4.79 Å². The molecule has 0 spiro atoms. The number of carboxylic acids is 1. The summed E-state index contributed by atoms with van der Waals surface area (Å²) in [4.78, 5) is 33.1. The van der Waals surface area contributed by atoms with E-state index in [4.69, 9.17) is 5.11 Å². The number of hydrogen-bond acceptors (Lipinski definition) is 5. The Morgan fingerprint density at radius 1 is 1.65 bits per heavy atom. The number of nitrogens with zero attached hydrogens (tertiary/aromatic N) is 3. The maximum Gasteiger partial charge on any atom is 0.326 e. The van der Waals surface area contributed by atoms with Crippen LogP contribution in [-0.2, 0) is 11.8 Å². The Hall–Kier alpha value is -2.45. The molecule has 1 aliphatic rings. The van der Waals surface area contributed by atoms with Crippen LogP contribution in [0.25, 0.3) is 0 Å². The highest BCUT2D eigenvalue weighted by Crippen LogP contribution is 2.33. The number of carbonyl (C=O) groups is 2. The first kappa shape index (κ1) is 14.0. The number of rotatable bonds is 6. The van der Waals surface area contributed by atoms with Crippen molar-refractivity contribution in [3.63, 3.8) is 0 Å². The first-order valence-corrected chi connectivity index (χ1v) is 6.10. The van der Waals surface area contributed by atoms with E-state index in [-0.39, 0.29) is 5.69 Å². The zero-order valence-corrected chi connectivity index (χ0v) is 10.8. The van der Waals surface area contributed by atoms with Crippen molar-refractivity contribution in [3.8, 4) is 0 Å². The highest BCUT2D eigenvalue weighted by atomic mass is 16.6. The van der Waals surface area contributed by atoms with Gasteiger partial charge in [-0.15, -0.1) is 0 Å². The summed E-state index contributed by atoms with van der Waals surface area (Å²) in [5.74, 6) is -1.69. The van der Waals surface area contributed by atoms with E-state index in [2.05, 4.69) is 10.4 Å². The third-order valence-electron chi connectivity index (χ3n) is 3.09. The number of carboxylic acid groups (broad SMARTS) is 1. The van der Waals surface area contributed by atoms with Gasteiger partial charge in [0.05, 0.1) is 4.92 Å². The van der Waals surface area contributed by atoms with Crippen molar-refractivity contribution in [2.24, 2.45) is 13.0 Å². The summed E-state index contributed by atoms with van der Waals surface area (Å²) >= 11 is 0. The molecule has 0 radical (unpaired) electrons. The molecule has 0 saturated heterocycles. The molecular formula is C11H14N4O5. The summed E-state index contributed by atoms with van der Waals surface area (Å²) in [7, 11) is 1.45. The molecule has 20 heavy (non-hydrogen) atoms. The number of nitrogens with one attached hydrogen (secondary N) is 1. The summed E-state index contributed by atoms with van der Waals surface area (Å²) in [5, 5.41) is 25.9. The van der Waals surface area contributed by atoms with Crippen molar-refractivity contribution in [1.29, 1.82) is 0 Å². The molecular weight excluding hydrogens is 268 g/mol. The quantitative estimate of drug-likeness (QED) is 0.571. The van der Waals surface area contributed by atoms with Gasteiger partial charge in [0, 0.05) is 7.05 Å². The third kappa shape index (κ3) is 3.11. The molecule has 1 unspecified atom stereocenters. The van der Waals surface area contributed by atoms with Crippen molar-refractivity contribution in [3.05, 3.63) is 22.0 Å². The lowest BCUT2D eigenvalue weighted by Crippen LogP contribution is -2.41. The number of nitro groups is 1. The molecule has 1 saturated carbocycles. The SMILES string of the molecule is Cn1cc([N+](=O)[O-])c(C(=O)NC(CC2CC2)C(=O)O)n1. The fourth-order valence-electron chi connectivity index (χ4n) is 1.91. The normalized spacial score (nSPS) is 15.7. The largest absolute Gasteiger partial charge is 0.480 e. The number of aliphatic carboxylic acids is 1. The lowest BCUT2D eigenvalue weighted by atomic mass is 10.1. The Kier molecular flexibility index (Phi) is 3.68. The van der Waals surface area contributed by atoms with E-state index < -0.39 is 28.5 Å². The van der Waals surface area contributed by atoms with Gasteiger partial charge in [-0.1, -0.05) is 12.8 Å². The Bertz CT molecular complexity index is 563. The van der Waals surface area contributed by atoms with Crippen LogP contribution in [0.2, 0.25) is 0 Å². The predicted molar refractivity (Wildman–Crippen MR) is 66.1 cm³/mol. The van der Waals surface area contributed by atoms with Crippen LogP contribution < -0.4 is 5.32 Å². The molecule has 9 heteroatoms. The van der Waals surface area contributed by atoms with Crippen LogP contribution in [0, 0.1) is 16.0 Å². The van der Waals surface area contributed by atoms with Gasteiger partial charge in [0.2, 0.25) is 5.69 Å². The van der Waals surface area contributed by atoms with E-state index in [0.717, 1.165) is 23.7 Å². The van der Waals surface area contributed by atoms with Crippen molar-refractivity contribution in [2.45, 2.75) is 25.3 Å². The lowest BCUT2D eigenvalue weighted by Gasteiger charge is -2.12. The van der Waals surface area contributed by atoms with Gasteiger partial charge in [-0.05, 0) is 12.3 Å². The monoisotopic (exact) mass is 282 g/mol. The molecule has 1 fully saturated rings. The van der Waals surface area contributed by atoms with Crippen LogP contribution in [0.4, 0.5) is 5.69 Å². The summed E-state index contributed by atoms with van der Waals surface area (Å²) in [6.07, 6.45) is 3.33. The summed E-state index contributed by atoms with van der Waals surface area (Å²) in [5.41, 5.74) is -0.819. The van der Waals surface area contributed by atoms with Crippen LogP contribution in [0.5, 0.6) is 0 Å². The molecule has 9 nitrogen and oxygen atoms in total. The second-order valence-corrected chi connectivity index (χ2v) is 4.84. The molecule has 0 bridgehead atoms. The first-order chi connectivity index (χ1) is 9.38. The molecule has 1 aromatic rings. The predicted octanol–water partition coefficient (Wildman–Crippen LogP) is 0.311. The van der Waals surface area contributed by atoms with Gasteiger partial charge < -0.3 is 10.4 Å². The minimum absolute atomic E-state index is 0.301. The van der Waals surface area contributed by atoms with Crippen molar-refractivity contribution >= 4 is 17.6 Å². The third-order valence-corrected chi connectivity index (χ3v) is 3.09. The van der Waals surface area contributed by atoms with Crippen LogP contribution >= 0.6 is 0 Å². The van der Waals surface area contributed by atoms with E-state index in [0.29, 0.717) is 12.3 Å². The molecule has 2 N–H and O–H groups in total. The van der Waals surface area contributed by atoms with E-state index in [1.165, 1.54) is 7.05 Å². The van der Waals surface area contributed by atoms with Crippen LogP contribution in [0.15, 0.2) is 6.20 Å². The van der Waals surface area contributed by atoms with E-state index >= 15 is 0 Å². The molecule has 1 heterocycles. The highest BCUT2D eigenvalue weighted by Gasteiger charge is 2.33. The second-order valence-electron chi connectivity index (χ2n) is 4.84. The molecule has 0 aliphatic heterocycles. The molecule has 1 aromatic heterocycles. The van der Waals surface area contributed by atoms with Crippen LogP contribution in [0.1, 0.15) is 29.8 Å². The minimum Gasteiger partial charge on any atom is -0.480 e. The number of aryl methyl sites for hydroxylation is 1. The number of amides is 1. The van der Waals surface area contributed by atoms with Gasteiger partial charge in [-0.3, -0.25) is 19.6 Å². The summed E-state index contributed by atoms with van der Waals surface area (Å²) in [6.45, 7) is 0. The fourth-order valence-corrected chi connectivity index (χ4v) is 1.91. The Morgan fingerprint density at radius 3 is 2.80 bits per heavy atom. The smallest absolute Gasteiger partial charge is 0.326 e. The number of carbonyl (C=O) groups excluding carboxylic acids is 1. The Labute approximate surface area is 113 Å². The molecule has 1 atom stereocenters. The zero-order chi connectivity index (χ0) is 14.9. The van der Waals surface area contributed by atoms with Crippen molar-refractivity contribution < 1.29 is 19.6 Å². The topological polar surface area (TPSA) is 127 Å². The fraction of sp³-hybridized carbons (Fsp3) is 0.545. The van der Waals surface area contributed by atoms with Crippen molar-refractivity contribution in [2.75, 3.05) is 0 Å². The molecule has 108 valence electrons. The van der Waals surface area contributed by atoms with Gasteiger partial charge in [0.15, 0.2) is 0 Å². The maximum absolute atomic E-state index is 11.9. The van der Waals surface area contributed by atoms with Crippen LogP contribution in [0.3, 0.4) is 0 Å². The number of aromatic nitrogens is 2. The van der Waals surface area contributed by atoms with E-state index in [1.54, 1.807) is 0 Å². The summed E-state index contributed by atoms with van der Waals surface area (Å²) in [6, 6.07) is -1.04. The second kappa shape index (κ2) is 5.27. The zero-order valence-electron chi connectivity index (χ0n) is 10.8. The van der Waals surface area contributed by atoms with Gasteiger partial charge >= 0.3 is 11.7 Å². The molecule has 2 rings (SSSR count). The minimum atomic E-state index is -1.15. The van der Waals surface area contributed by atoms with Crippen LogP contribution in [-0.4, -0.2) is 37.7 Å². The molecule has 1 aliphatic carbocycles. The average molecular weight is 282 g/mol. The standard InChI is InChI=1S/C11H14N4O5/c1-14-5-8(15(19)20)9(13-14)10(16)12-7(11(17)18)4-6-2-3-6/h5-7H,2-4H2,1H3,(H,12,16)(H,17,18). The average Bonchev–Trinajstić information content (AvgIpc) is 3.08. The van der Waals surface area contributed by atoms with Gasteiger partial charge in [0.1, 0.15) is 12.2 Å². The summed E-state index contributed by atoms with van der Waals surface area (Å²) < 4.78 is 1.14. The maximum atomic E-state index is 11.9. The molecule has 1 amide bonds. The van der Waals surface area contributed by atoms with Crippen molar-refractivity contribution in [1.82, 2.24) is 15.1 Å². The lowest BCUT2D eigenvalue weighted by molar-refractivity contribution is -0.385. The van der Waals surface area contributed by atoms with Gasteiger partial charge in [0.25, 0.3) is 5.91 Å². The highest BCUT2D eigenvalue weighted by molar-refractivity contribution is 5.98.